The Bertz CT molecular complexity index is 1080. The number of carbonyl (C=O) groups is 1. The first-order chi connectivity index (χ1) is 19.7. The van der Waals surface area contributed by atoms with Gasteiger partial charge in [-0.25, -0.2) is 4.79 Å². The second-order valence-corrected chi connectivity index (χ2v) is 17.9. The Kier molecular flexibility index (Phi) is 7.63. The van der Waals surface area contributed by atoms with E-state index in [4.69, 9.17) is 9.47 Å². The number of aliphatic hydroxyl groups is 1. The fourth-order valence-corrected chi connectivity index (χ4v) is 13.2. The molecule has 0 amide bonds. The molecule has 0 radical (unpaired) electrons. The van der Waals surface area contributed by atoms with Gasteiger partial charge in [0.05, 0.1) is 20.3 Å². The second-order valence-electron chi connectivity index (χ2n) is 17.9. The molecule has 0 bridgehead atoms. The third kappa shape index (κ3) is 4.36. The molecule has 6 aliphatic rings. The van der Waals surface area contributed by atoms with E-state index in [1.807, 2.05) is 0 Å². The van der Waals surface area contributed by atoms with Gasteiger partial charge in [0.25, 0.3) is 0 Å². The van der Waals surface area contributed by atoms with Crippen molar-refractivity contribution in [1.82, 2.24) is 0 Å². The minimum Gasteiger partial charge on any atom is -0.458 e. The number of carbonyl (C=O) groups excluding carboxylic acids is 1. The van der Waals surface area contributed by atoms with Gasteiger partial charge in [-0.2, -0.15) is 0 Å². The molecule has 4 unspecified atom stereocenters. The first kappa shape index (κ1) is 31.1. The lowest BCUT2D eigenvalue weighted by Crippen LogP contribution is -2.67. The summed E-state index contributed by atoms with van der Waals surface area (Å²) in [5, 5.41) is 10.8. The van der Waals surface area contributed by atoms with Crippen molar-refractivity contribution in [1.29, 1.82) is 0 Å². The Hall–Kier alpha value is -0.910. The van der Waals surface area contributed by atoms with Crippen LogP contribution in [-0.2, 0) is 14.3 Å². The van der Waals surface area contributed by atoms with Crippen molar-refractivity contribution in [2.45, 2.75) is 112 Å². The van der Waals surface area contributed by atoms with Crippen molar-refractivity contribution in [3.8, 4) is 0 Å². The average molecular weight is 585 g/mol. The zero-order valence-corrected chi connectivity index (χ0v) is 28.1. The summed E-state index contributed by atoms with van der Waals surface area (Å²) in [5.41, 5.74) is 2.31. The van der Waals surface area contributed by atoms with E-state index in [0.717, 1.165) is 37.2 Å². The van der Waals surface area contributed by atoms with Crippen molar-refractivity contribution < 1.29 is 23.9 Å². The molecule has 0 spiro atoms. The summed E-state index contributed by atoms with van der Waals surface area (Å²) in [6, 6.07) is 0. The number of hydrogen-bond donors (Lipinski definition) is 1. The summed E-state index contributed by atoms with van der Waals surface area (Å²) in [4.78, 5) is 13.3. The second kappa shape index (κ2) is 10.3. The summed E-state index contributed by atoms with van der Waals surface area (Å²) in [5.74, 6) is 3.08. The topological polar surface area (TPSA) is 55.8 Å². The molecular formula is C37H62NO4+. The van der Waals surface area contributed by atoms with Gasteiger partial charge in [0, 0.05) is 12.0 Å². The van der Waals surface area contributed by atoms with Gasteiger partial charge in [0.2, 0.25) is 0 Å². The number of ether oxygens (including phenoxy) is 2. The number of morpholine rings is 1. The van der Waals surface area contributed by atoms with Crippen molar-refractivity contribution >= 4 is 5.97 Å². The molecule has 1 saturated heterocycles. The summed E-state index contributed by atoms with van der Waals surface area (Å²) in [6.45, 7) is 23.6. The Labute approximate surface area is 256 Å². The molecule has 6 fully saturated rings. The van der Waals surface area contributed by atoms with Crippen LogP contribution in [0.25, 0.3) is 0 Å². The smallest absolute Gasteiger partial charge is 0.362 e. The number of esters is 1. The number of nitrogens with zero attached hydrogens (tertiary/aromatic N) is 1. The van der Waals surface area contributed by atoms with E-state index < -0.39 is 0 Å². The fourth-order valence-electron chi connectivity index (χ4n) is 13.2. The van der Waals surface area contributed by atoms with Crippen LogP contribution in [-0.4, -0.2) is 68.2 Å². The summed E-state index contributed by atoms with van der Waals surface area (Å²) in [7, 11) is 2.17. The first-order valence-corrected chi connectivity index (χ1v) is 17.5. The minimum absolute atomic E-state index is 0.00154. The summed E-state index contributed by atoms with van der Waals surface area (Å²) in [6.07, 6.45) is 12.1. The van der Waals surface area contributed by atoms with Gasteiger partial charge in [-0.3, -0.25) is 0 Å². The van der Waals surface area contributed by atoms with Gasteiger partial charge in [0.15, 0.2) is 6.54 Å². The van der Waals surface area contributed by atoms with Gasteiger partial charge in [-0.1, -0.05) is 46.8 Å². The third-order valence-corrected chi connectivity index (χ3v) is 15.8. The predicted octanol–water partition coefficient (Wildman–Crippen LogP) is 7.02. The molecule has 1 N–H and O–H groups in total. The minimum atomic E-state index is -0.0273. The van der Waals surface area contributed by atoms with Crippen LogP contribution in [0.2, 0.25) is 0 Å². The Morgan fingerprint density at radius 3 is 2.29 bits per heavy atom. The zero-order chi connectivity index (χ0) is 30.3. The maximum atomic E-state index is 13.3. The highest BCUT2D eigenvalue weighted by Crippen LogP contribution is 2.77. The molecule has 1 aliphatic heterocycles. The molecule has 0 aromatic heterocycles. The van der Waals surface area contributed by atoms with Crippen molar-refractivity contribution in [2.24, 2.45) is 56.7 Å². The maximum Gasteiger partial charge on any atom is 0.362 e. The molecular weight excluding hydrogens is 522 g/mol. The van der Waals surface area contributed by atoms with Crippen LogP contribution in [0, 0.1) is 56.7 Å². The first-order valence-electron chi connectivity index (χ1n) is 17.5. The standard InChI is InChI=1S/C37H62NO4/c1-25(2)26-11-16-37(24-39)18-17-35(6)27(32(26)37)9-10-29-34(5)14-13-30(33(3,4)28(34)12-15-36(29,35)7)42-31(40)23-38(8)19-21-41-22-20-38/h26-30,32,39H,1,9-24H2,2-8H3/q+1/t26-,27?,28?,29?,30-,32?,34-,35+,36+,37+/m0/s1. The zero-order valence-electron chi connectivity index (χ0n) is 28.1. The molecule has 6 rings (SSSR count). The van der Waals surface area contributed by atoms with Gasteiger partial charge < -0.3 is 19.1 Å². The van der Waals surface area contributed by atoms with Crippen LogP contribution >= 0.6 is 0 Å². The van der Waals surface area contributed by atoms with E-state index in [1.54, 1.807) is 0 Å². The Balaban J connectivity index is 1.23. The van der Waals surface area contributed by atoms with Crippen molar-refractivity contribution in [3.05, 3.63) is 12.2 Å². The molecule has 0 aromatic rings. The summed E-state index contributed by atoms with van der Waals surface area (Å²) >= 11 is 0. The predicted molar refractivity (Wildman–Crippen MR) is 168 cm³/mol. The van der Waals surface area contributed by atoms with Crippen molar-refractivity contribution in [2.75, 3.05) is 46.5 Å². The normalized spacial score (nSPS) is 49.1. The number of hydrogen-bond acceptors (Lipinski definition) is 4. The monoisotopic (exact) mass is 584 g/mol. The van der Waals surface area contributed by atoms with Crippen LogP contribution in [0.15, 0.2) is 12.2 Å². The van der Waals surface area contributed by atoms with Gasteiger partial charge in [-0.05, 0) is 122 Å². The SMILES string of the molecule is C=C(C)[C@@H]1CC[C@]2(CO)CC[C@]3(C)C(CCC4[C@@]5(C)CC[C@H](OC(=O)C[N+]6(C)CCOCC6)C(C)(C)C5CC[C@]43C)C12. The molecule has 42 heavy (non-hydrogen) atoms. The Morgan fingerprint density at radius 1 is 0.905 bits per heavy atom. The number of rotatable bonds is 5. The van der Waals surface area contributed by atoms with Gasteiger partial charge in [-0.15, -0.1) is 0 Å². The van der Waals surface area contributed by atoms with Crippen LogP contribution in [0.5, 0.6) is 0 Å². The lowest BCUT2D eigenvalue weighted by atomic mass is 9.32. The van der Waals surface area contributed by atoms with Crippen LogP contribution in [0.3, 0.4) is 0 Å². The lowest BCUT2D eigenvalue weighted by Gasteiger charge is -2.73. The molecule has 5 saturated carbocycles. The maximum absolute atomic E-state index is 13.3. The quantitative estimate of drug-likeness (QED) is 0.214. The average Bonchev–Trinajstić information content (AvgIpc) is 3.31. The van der Waals surface area contributed by atoms with Crippen LogP contribution < -0.4 is 0 Å². The van der Waals surface area contributed by atoms with Crippen molar-refractivity contribution in [3.63, 3.8) is 0 Å². The van der Waals surface area contributed by atoms with E-state index in [2.05, 4.69) is 55.2 Å². The number of allylic oxidation sites excluding steroid dienone is 1. The largest absolute Gasteiger partial charge is 0.458 e. The molecule has 1 heterocycles. The number of quaternary nitrogens is 1. The molecule has 10 atom stereocenters. The highest BCUT2D eigenvalue weighted by atomic mass is 16.5. The van der Waals surface area contributed by atoms with Gasteiger partial charge >= 0.3 is 5.97 Å². The van der Waals surface area contributed by atoms with E-state index in [-0.39, 0.29) is 28.3 Å². The number of fused-ring (bicyclic) bond motifs is 7. The highest BCUT2D eigenvalue weighted by molar-refractivity contribution is 5.71. The Morgan fingerprint density at radius 2 is 1.62 bits per heavy atom. The number of aliphatic hydroxyl groups excluding tert-OH is 1. The molecule has 238 valence electrons. The fraction of sp³-hybridized carbons (Fsp3) is 0.919. The lowest BCUT2D eigenvalue weighted by molar-refractivity contribution is -0.910. The van der Waals surface area contributed by atoms with Crippen LogP contribution in [0.1, 0.15) is 106 Å². The number of likely N-dealkylation sites (N-methyl/N-ethyl adjacent to an activating group) is 1. The van der Waals surface area contributed by atoms with E-state index in [0.29, 0.717) is 53.6 Å². The molecule has 5 aliphatic carbocycles. The third-order valence-electron chi connectivity index (χ3n) is 15.8. The molecule has 5 nitrogen and oxygen atoms in total. The van der Waals surface area contributed by atoms with E-state index in [9.17, 15) is 9.90 Å². The summed E-state index contributed by atoms with van der Waals surface area (Å²) < 4.78 is 12.7. The van der Waals surface area contributed by atoms with Gasteiger partial charge in [0.1, 0.15) is 19.2 Å². The van der Waals surface area contributed by atoms with Crippen LogP contribution in [0.4, 0.5) is 0 Å². The molecule has 0 aromatic carbocycles. The van der Waals surface area contributed by atoms with E-state index >= 15 is 0 Å². The van der Waals surface area contributed by atoms with E-state index in [1.165, 1.54) is 63.4 Å². The highest BCUT2D eigenvalue weighted by Gasteiger charge is 2.71. The molecule has 5 heteroatoms.